The van der Waals surface area contributed by atoms with E-state index >= 15 is 0 Å². The Bertz CT molecular complexity index is 536. The Labute approximate surface area is 115 Å². The number of sulfone groups is 1. The fraction of sp³-hybridized carbons (Fsp3) is 0.727. The molecule has 0 spiro atoms. The monoisotopic (exact) mass is 333 g/mol. The van der Waals surface area contributed by atoms with Crippen LogP contribution in [0.15, 0.2) is 16.9 Å². The third-order valence-corrected chi connectivity index (χ3v) is 5.97. The van der Waals surface area contributed by atoms with Gasteiger partial charge < -0.3 is 0 Å². The molecule has 0 radical (unpaired) electrons. The molecule has 0 aromatic carbocycles. The van der Waals surface area contributed by atoms with E-state index < -0.39 is 9.84 Å². The van der Waals surface area contributed by atoms with Crippen LogP contribution >= 0.6 is 15.9 Å². The Morgan fingerprint density at radius 2 is 2.22 bits per heavy atom. The van der Waals surface area contributed by atoms with Crippen LogP contribution in [0.3, 0.4) is 0 Å². The minimum atomic E-state index is -2.74. The maximum Gasteiger partial charge on any atom is 0.150 e. The first-order valence-corrected chi connectivity index (χ1v) is 8.76. The molecule has 0 bridgehead atoms. The minimum Gasteiger partial charge on any atom is -0.299 e. The number of nitrogens with zero attached hydrogens (tertiary/aromatic N) is 3. The van der Waals surface area contributed by atoms with Crippen molar-refractivity contribution in [1.29, 1.82) is 0 Å². The summed E-state index contributed by atoms with van der Waals surface area (Å²) >= 11 is 3.39. The van der Waals surface area contributed by atoms with Crippen LogP contribution in [-0.4, -0.2) is 54.2 Å². The van der Waals surface area contributed by atoms with E-state index in [1.54, 1.807) is 6.20 Å². The van der Waals surface area contributed by atoms with Crippen LogP contribution in [0.4, 0.5) is 0 Å². The van der Waals surface area contributed by atoms with Gasteiger partial charge in [-0.2, -0.15) is 5.10 Å². The van der Waals surface area contributed by atoms with E-state index in [9.17, 15) is 8.42 Å². The summed E-state index contributed by atoms with van der Waals surface area (Å²) in [6.45, 7) is 2.87. The summed E-state index contributed by atoms with van der Waals surface area (Å²) in [4.78, 5) is 2.33. The van der Waals surface area contributed by atoms with Crippen LogP contribution in [0, 0.1) is 5.92 Å². The molecule has 2 aliphatic heterocycles. The van der Waals surface area contributed by atoms with Gasteiger partial charge in [0.15, 0.2) is 9.84 Å². The molecule has 0 aliphatic carbocycles. The zero-order valence-electron chi connectivity index (χ0n) is 10.00. The van der Waals surface area contributed by atoms with Crippen LogP contribution < -0.4 is 0 Å². The maximum atomic E-state index is 11.4. The summed E-state index contributed by atoms with van der Waals surface area (Å²) < 4.78 is 25.7. The molecule has 2 fully saturated rings. The summed E-state index contributed by atoms with van der Waals surface area (Å²) in [6, 6.07) is 0.439. The van der Waals surface area contributed by atoms with E-state index in [2.05, 4.69) is 25.9 Å². The predicted molar refractivity (Wildman–Crippen MR) is 72.2 cm³/mol. The molecule has 7 heteroatoms. The van der Waals surface area contributed by atoms with E-state index in [-0.39, 0.29) is 0 Å². The summed E-state index contributed by atoms with van der Waals surface area (Å²) in [5.41, 5.74) is 0. The van der Waals surface area contributed by atoms with E-state index in [4.69, 9.17) is 0 Å². The molecule has 2 saturated heterocycles. The van der Waals surface area contributed by atoms with Crippen molar-refractivity contribution < 1.29 is 8.42 Å². The highest BCUT2D eigenvalue weighted by atomic mass is 79.9. The summed E-state index contributed by atoms with van der Waals surface area (Å²) in [6.07, 6.45) is 4.62. The smallest absolute Gasteiger partial charge is 0.150 e. The van der Waals surface area contributed by atoms with Crippen molar-refractivity contribution in [3.8, 4) is 0 Å². The molecule has 1 atom stereocenters. The molecule has 18 heavy (non-hydrogen) atoms. The highest BCUT2D eigenvalue weighted by molar-refractivity contribution is 9.10. The summed E-state index contributed by atoms with van der Waals surface area (Å²) in [5, 5.41) is 4.27. The van der Waals surface area contributed by atoms with Crippen molar-refractivity contribution in [2.45, 2.75) is 12.5 Å². The normalized spacial score (nSPS) is 28.4. The highest BCUT2D eigenvalue weighted by Crippen LogP contribution is 2.26. The molecule has 100 valence electrons. The average molecular weight is 334 g/mol. The zero-order valence-corrected chi connectivity index (χ0v) is 12.4. The van der Waals surface area contributed by atoms with Gasteiger partial charge in [-0.15, -0.1) is 0 Å². The molecule has 5 nitrogen and oxygen atoms in total. The third-order valence-electron chi connectivity index (χ3n) is 3.73. The minimum absolute atomic E-state index is 0.334. The Morgan fingerprint density at radius 1 is 1.44 bits per heavy atom. The second kappa shape index (κ2) is 4.61. The lowest BCUT2D eigenvalue weighted by atomic mass is 10.0. The van der Waals surface area contributed by atoms with Crippen molar-refractivity contribution in [3.63, 3.8) is 0 Å². The first-order chi connectivity index (χ1) is 8.52. The van der Waals surface area contributed by atoms with Gasteiger partial charge in [-0.25, -0.2) is 8.42 Å². The molecule has 1 aromatic rings. The number of hydrogen-bond donors (Lipinski definition) is 0. The lowest BCUT2D eigenvalue weighted by molar-refractivity contribution is 0.0842. The highest BCUT2D eigenvalue weighted by Gasteiger charge is 2.34. The van der Waals surface area contributed by atoms with Crippen LogP contribution in [0.5, 0.6) is 0 Å². The van der Waals surface area contributed by atoms with Gasteiger partial charge in [-0.3, -0.25) is 9.58 Å². The van der Waals surface area contributed by atoms with Gasteiger partial charge in [0, 0.05) is 25.8 Å². The second-order valence-electron chi connectivity index (χ2n) is 5.28. The van der Waals surface area contributed by atoms with Crippen molar-refractivity contribution in [2.24, 2.45) is 5.92 Å². The Morgan fingerprint density at radius 3 is 2.78 bits per heavy atom. The van der Waals surface area contributed by atoms with Crippen molar-refractivity contribution >= 4 is 25.8 Å². The van der Waals surface area contributed by atoms with Crippen molar-refractivity contribution in [2.75, 3.05) is 31.1 Å². The van der Waals surface area contributed by atoms with Crippen LogP contribution in [0.1, 0.15) is 12.5 Å². The maximum absolute atomic E-state index is 11.4. The fourth-order valence-electron chi connectivity index (χ4n) is 2.75. The molecule has 2 aliphatic rings. The van der Waals surface area contributed by atoms with Gasteiger partial charge in [-0.1, -0.05) is 0 Å². The molecular formula is C11H16BrN3O2S. The second-order valence-corrected chi connectivity index (χ2v) is 8.42. The van der Waals surface area contributed by atoms with Crippen molar-refractivity contribution in [1.82, 2.24) is 14.7 Å². The zero-order chi connectivity index (χ0) is 12.8. The van der Waals surface area contributed by atoms with Gasteiger partial charge in [-0.05, 0) is 28.3 Å². The molecule has 0 saturated carbocycles. The molecule has 0 amide bonds. The standard InChI is InChI=1S/C11H16BrN3O2S/c12-10-3-13-15(5-10)11-6-14(7-11)4-9-1-2-18(16,17)8-9/h3,5,9,11H,1-2,4,6-8H2. The van der Waals surface area contributed by atoms with Gasteiger partial charge in [0.05, 0.1) is 28.2 Å². The van der Waals surface area contributed by atoms with Crippen LogP contribution in [0.25, 0.3) is 0 Å². The molecular weight excluding hydrogens is 318 g/mol. The van der Waals surface area contributed by atoms with E-state index in [0.29, 0.717) is 23.5 Å². The predicted octanol–water partition coefficient (Wildman–Crippen LogP) is 0.937. The Balaban J connectivity index is 1.49. The SMILES string of the molecule is O=S1(=O)CCC(CN2CC(n3cc(Br)cn3)C2)C1. The van der Waals surface area contributed by atoms with Gasteiger partial charge in [0.2, 0.25) is 0 Å². The summed E-state index contributed by atoms with van der Waals surface area (Å²) in [5.74, 6) is 1.09. The number of hydrogen-bond acceptors (Lipinski definition) is 4. The van der Waals surface area contributed by atoms with Gasteiger partial charge >= 0.3 is 0 Å². The topological polar surface area (TPSA) is 55.2 Å². The first-order valence-electron chi connectivity index (χ1n) is 6.14. The number of likely N-dealkylation sites (tertiary alicyclic amines) is 1. The quantitative estimate of drug-likeness (QED) is 0.826. The third kappa shape index (κ3) is 2.62. The fourth-order valence-corrected chi connectivity index (χ4v) is 4.91. The van der Waals surface area contributed by atoms with Gasteiger partial charge in [0.25, 0.3) is 0 Å². The first kappa shape index (κ1) is 12.6. The Hall–Kier alpha value is -0.400. The van der Waals surface area contributed by atoms with Crippen LogP contribution in [-0.2, 0) is 9.84 Å². The molecule has 1 aromatic heterocycles. The molecule has 0 N–H and O–H groups in total. The van der Waals surface area contributed by atoms with Gasteiger partial charge in [0.1, 0.15) is 0 Å². The number of halogens is 1. The molecule has 1 unspecified atom stereocenters. The lowest BCUT2D eigenvalue weighted by Crippen LogP contribution is -2.49. The summed E-state index contributed by atoms with van der Waals surface area (Å²) in [7, 11) is -2.74. The largest absolute Gasteiger partial charge is 0.299 e. The van der Waals surface area contributed by atoms with E-state index in [1.807, 2.05) is 10.9 Å². The number of aromatic nitrogens is 2. The van der Waals surface area contributed by atoms with E-state index in [1.165, 1.54) is 0 Å². The number of rotatable bonds is 3. The van der Waals surface area contributed by atoms with E-state index in [0.717, 1.165) is 30.5 Å². The van der Waals surface area contributed by atoms with Crippen LogP contribution in [0.2, 0.25) is 0 Å². The van der Waals surface area contributed by atoms with Crippen molar-refractivity contribution in [3.05, 3.63) is 16.9 Å². The molecule has 3 rings (SSSR count). The average Bonchev–Trinajstić information content (AvgIpc) is 2.78. The lowest BCUT2D eigenvalue weighted by Gasteiger charge is -2.40. The molecule has 3 heterocycles. The Kier molecular flexibility index (Phi) is 3.23.